The lowest BCUT2D eigenvalue weighted by Gasteiger charge is -2.41. The predicted octanol–water partition coefficient (Wildman–Crippen LogP) is 3.51. The van der Waals surface area contributed by atoms with Crippen molar-refractivity contribution >= 4 is 28.5 Å². The van der Waals surface area contributed by atoms with E-state index >= 15 is 0 Å². The van der Waals surface area contributed by atoms with Gasteiger partial charge >= 0.3 is 0 Å². The molecule has 0 bridgehead atoms. The van der Waals surface area contributed by atoms with Crippen LogP contribution in [-0.2, 0) is 0 Å². The molecule has 3 aromatic rings. The van der Waals surface area contributed by atoms with Crippen molar-refractivity contribution in [3.05, 3.63) is 58.4 Å². The lowest BCUT2D eigenvalue weighted by Crippen LogP contribution is -2.45. The molecule has 116 valence electrons. The topological polar surface area (TPSA) is 61.9 Å². The maximum absolute atomic E-state index is 12.8. The standard InChI is InChI=1S/C17H15ClN4O/c1-10-14-8-12(9-19-16(14)21-20-10)17(23)22-7-6-15(22)11-2-4-13(18)5-3-11/h2-5,8-9,15H,6-7H2,1H3,(H,19,20,21)/t15-/m0/s1. The molecule has 1 atom stereocenters. The normalized spacial score (nSPS) is 17.3. The fourth-order valence-corrected chi connectivity index (χ4v) is 3.10. The molecule has 1 aliphatic heterocycles. The zero-order valence-electron chi connectivity index (χ0n) is 12.6. The Labute approximate surface area is 138 Å². The smallest absolute Gasteiger partial charge is 0.255 e. The average molecular weight is 327 g/mol. The van der Waals surface area contributed by atoms with Crippen molar-refractivity contribution in [2.45, 2.75) is 19.4 Å². The lowest BCUT2D eigenvalue weighted by atomic mass is 9.94. The molecule has 0 unspecified atom stereocenters. The van der Waals surface area contributed by atoms with Gasteiger partial charge in [0.2, 0.25) is 0 Å². The van der Waals surface area contributed by atoms with Crippen LogP contribution in [0.25, 0.3) is 11.0 Å². The van der Waals surface area contributed by atoms with Crippen molar-refractivity contribution in [3.63, 3.8) is 0 Å². The number of aromatic nitrogens is 3. The van der Waals surface area contributed by atoms with E-state index in [-0.39, 0.29) is 11.9 Å². The first kappa shape index (κ1) is 14.2. The van der Waals surface area contributed by atoms with Gasteiger partial charge in [0.15, 0.2) is 5.65 Å². The first-order valence-corrected chi connectivity index (χ1v) is 7.88. The number of nitrogens with zero attached hydrogens (tertiary/aromatic N) is 3. The van der Waals surface area contributed by atoms with Gasteiger partial charge in [0.05, 0.1) is 17.3 Å². The van der Waals surface area contributed by atoms with E-state index in [0.717, 1.165) is 29.6 Å². The number of hydrogen-bond acceptors (Lipinski definition) is 3. The number of nitrogens with one attached hydrogen (secondary N) is 1. The SMILES string of the molecule is Cc1n[nH]c2ncc(C(=O)N3CC[C@H]3c3ccc(Cl)cc3)cc12. The van der Waals surface area contributed by atoms with Gasteiger partial charge in [-0.2, -0.15) is 5.10 Å². The number of pyridine rings is 1. The molecule has 0 spiro atoms. The fourth-order valence-electron chi connectivity index (χ4n) is 2.97. The summed E-state index contributed by atoms with van der Waals surface area (Å²) in [5.74, 6) is 0.00574. The molecule has 1 saturated heterocycles. The number of H-pyrrole nitrogens is 1. The molecule has 1 aromatic carbocycles. The number of carbonyl (C=O) groups excluding carboxylic acids is 1. The van der Waals surface area contributed by atoms with Crippen molar-refractivity contribution in [2.24, 2.45) is 0 Å². The Balaban J connectivity index is 1.62. The Morgan fingerprint density at radius 3 is 2.83 bits per heavy atom. The number of halogens is 1. The molecule has 0 saturated carbocycles. The minimum absolute atomic E-state index is 0.00574. The maximum Gasteiger partial charge on any atom is 0.255 e. The number of rotatable bonds is 2. The van der Waals surface area contributed by atoms with E-state index in [1.807, 2.05) is 42.2 Å². The molecule has 4 rings (SSSR count). The average Bonchev–Trinajstić information content (AvgIpc) is 2.89. The first-order valence-electron chi connectivity index (χ1n) is 7.50. The van der Waals surface area contributed by atoms with Crippen LogP contribution in [0.1, 0.15) is 34.1 Å². The molecule has 2 aromatic heterocycles. The van der Waals surface area contributed by atoms with Gasteiger partial charge in [0, 0.05) is 23.2 Å². The summed E-state index contributed by atoms with van der Waals surface area (Å²) in [6.07, 6.45) is 2.58. The lowest BCUT2D eigenvalue weighted by molar-refractivity contribution is 0.0460. The van der Waals surface area contributed by atoms with E-state index in [0.29, 0.717) is 16.2 Å². The Hall–Kier alpha value is -2.40. The maximum atomic E-state index is 12.8. The number of aromatic amines is 1. The molecule has 5 nitrogen and oxygen atoms in total. The van der Waals surface area contributed by atoms with Crippen LogP contribution in [0.3, 0.4) is 0 Å². The van der Waals surface area contributed by atoms with Crippen LogP contribution < -0.4 is 0 Å². The van der Waals surface area contributed by atoms with Gasteiger partial charge in [0.1, 0.15) is 0 Å². The summed E-state index contributed by atoms with van der Waals surface area (Å²) in [6.45, 7) is 2.66. The summed E-state index contributed by atoms with van der Waals surface area (Å²) in [5.41, 5.74) is 3.26. The summed E-state index contributed by atoms with van der Waals surface area (Å²) in [6, 6.07) is 9.66. The Bertz CT molecular complexity index is 887. The Morgan fingerprint density at radius 1 is 1.35 bits per heavy atom. The Morgan fingerprint density at radius 2 is 2.13 bits per heavy atom. The van der Waals surface area contributed by atoms with Crippen LogP contribution in [0.5, 0.6) is 0 Å². The van der Waals surface area contributed by atoms with Gasteiger partial charge in [0.25, 0.3) is 5.91 Å². The van der Waals surface area contributed by atoms with Gasteiger partial charge < -0.3 is 4.90 Å². The van der Waals surface area contributed by atoms with Crippen LogP contribution >= 0.6 is 11.6 Å². The fraction of sp³-hybridized carbons (Fsp3) is 0.235. The third-order valence-corrected chi connectivity index (χ3v) is 4.64. The first-order chi connectivity index (χ1) is 11.1. The molecule has 1 N–H and O–H groups in total. The van der Waals surface area contributed by atoms with Crippen molar-refractivity contribution < 1.29 is 4.79 Å². The largest absolute Gasteiger partial charge is 0.331 e. The quantitative estimate of drug-likeness (QED) is 0.784. The number of hydrogen-bond donors (Lipinski definition) is 1. The summed E-state index contributed by atoms with van der Waals surface area (Å²) < 4.78 is 0. The van der Waals surface area contributed by atoms with Crippen molar-refractivity contribution in [3.8, 4) is 0 Å². The van der Waals surface area contributed by atoms with Crippen LogP contribution in [0, 0.1) is 6.92 Å². The molecule has 1 amide bonds. The second-order valence-corrected chi connectivity index (χ2v) is 6.22. The molecule has 23 heavy (non-hydrogen) atoms. The number of aryl methyl sites for hydroxylation is 1. The summed E-state index contributed by atoms with van der Waals surface area (Å²) in [7, 11) is 0. The molecule has 0 aliphatic carbocycles. The van der Waals surface area contributed by atoms with Gasteiger partial charge in [-0.25, -0.2) is 4.98 Å². The number of benzene rings is 1. The zero-order chi connectivity index (χ0) is 16.0. The zero-order valence-corrected chi connectivity index (χ0v) is 13.3. The number of carbonyl (C=O) groups is 1. The van der Waals surface area contributed by atoms with Gasteiger partial charge in [-0.3, -0.25) is 9.89 Å². The molecule has 0 radical (unpaired) electrons. The van der Waals surface area contributed by atoms with Gasteiger partial charge in [-0.15, -0.1) is 0 Å². The summed E-state index contributed by atoms with van der Waals surface area (Å²) >= 11 is 5.93. The van der Waals surface area contributed by atoms with E-state index in [9.17, 15) is 4.79 Å². The summed E-state index contributed by atoms with van der Waals surface area (Å²) in [5, 5.41) is 8.57. The van der Waals surface area contributed by atoms with Gasteiger partial charge in [-0.1, -0.05) is 23.7 Å². The summed E-state index contributed by atoms with van der Waals surface area (Å²) in [4.78, 5) is 19.0. The minimum Gasteiger partial charge on any atom is -0.331 e. The molecular weight excluding hydrogens is 312 g/mol. The van der Waals surface area contributed by atoms with Crippen LogP contribution in [0.4, 0.5) is 0 Å². The molecule has 3 heterocycles. The van der Waals surface area contributed by atoms with Crippen LogP contribution in [0.2, 0.25) is 5.02 Å². The highest BCUT2D eigenvalue weighted by molar-refractivity contribution is 6.30. The van der Waals surface area contributed by atoms with E-state index in [4.69, 9.17) is 11.6 Å². The minimum atomic E-state index is 0.00574. The molecule has 1 aliphatic rings. The number of likely N-dealkylation sites (tertiary alicyclic amines) is 1. The van der Waals surface area contributed by atoms with Crippen molar-refractivity contribution in [1.29, 1.82) is 0 Å². The highest BCUT2D eigenvalue weighted by atomic mass is 35.5. The highest BCUT2D eigenvalue weighted by Gasteiger charge is 2.34. The highest BCUT2D eigenvalue weighted by Crippen LogP contribution is 2.35. The van der Waals surface area contributed by atoms with Crippen LogP contribution in [-0.4, -0.2) is 32.5 Å². The van der Waals surface area contributed by atoms with E-state index in [1.165, 1.54) is 0 Å². The van der Waals surface area contributed by atoms with Gasteiger partial charge in [-0.05, 0) is 37.1 Å². The van der Waals surface area contributed by atoms with E-state index in [2.05, 4.69) is 15.2 Å². The van der Waals surface area contributed by atoms with Crippen molar-refractivity contribution in [1.82, 2.24) is 20.1 Å². The van der Waals surface area contributed by atoms with Crippen LogP contribution in [0.15, 0.2) is 36.5 Å². The molecule has 1 fully saturated rings. The second-order valence-electron chi connectivity index (χ2n) is 5.78. The van der Waals surface area contributed by atoms with E-state index < -0.39 is 0 Å². The third-order valence-electron chi connectivity index (χ3n) is 4.39. The Kier molecular flexibility index (Phi) is 3.31. The molecule has 6 heteroatoms. The third kappa shape index (κ3) is 2.37. The number of fused-ring (bicyclic) bond motifs is 1. The monoisotopic (exact) mass is 326 g/mol. The number of amides is 1. The predicted molar refractivity (Wildman–Crippen MR) is 88.5 cm³/mol. The van der Waals surface area contributed by atoms with Crippen molar-refractivity contribution in [2.75, 3.05) is 6.54 Å². The molecular formula is C17H15ClN4O. The second kappa shape index (κ2) is 5.35. The van der Waals surface area contributed by atoms with E-state index in [1.54, 1.807) is 6.20 Å².